The molecule has 1 saturated carbocycles. The SMILES string of the molecule is O=P(OCc1ccccc1)(OCc1ccccc1)O[C@H]1[C@H](OCc2ccccc2)[C@@H](O)[C@H](OCc2ccccc2)C[C@H]1OCc1ccccc1. The number of phosphoric ester groups is 1. The van der Waals surface area contributed by atoms with Gasteiger partial charge in [-0.2, -0.15) is 0 Å². The van der Waals surface area contributed by atoms with Gasteiger partial charge in [0.05, 0.1) is 45.2 Å². The van der Waals surface area contributed by atoms with Gasteiger partial charge in [-0.05, 0) is 27.8 Å². The fourth-order valence-corrected chi connectivity index (χ4v) is 7.16. The van der Waals surface area contributed by atoms with Crippen molar-refractivity contribution in [1.29, 1.82) is 0 Å². The number of hydrogen-bond donors (Lipinski definition) is 1. The molecule has 5 atom stereocenters. The van der Waals surface area contributed by atoms with Crippen molar-refractivity contribution in [2.75, 3.05) is 0 Å². The number of ether oxygens (including phenoxy) is 3. The lowest BCUT2D eigenvalue weighted by Crippen LogP contribution is -2.58. The Hall–Kier alpha value is -3.95. The molecule has 0 bridgehead atoms. The summed E-state index contributed by atoms with van der Waals surface area (Å²) in [5, 5.41) is 11.9. The van der Waals surface area contributed by atoms with Crippen molar-refractivity contribution in [3.05, 3.63) is 179 Å². The first-order valence-corrected chi connectivity index (χ1v) is 18.3. The van der Waals surface area contributed by atoms with E-state index in [0.29, 0.717) is 0 Å². The predicted octanol–water partition coefficient (Wildman–Crippen LogP) is 8.43. The van der Waals surface area contributed by atoms with Crippen LogP contribution in [0.3, 0.4) is 0 Å². The van der Waals surface area contributed by atoms with Gasteiger partial charge in [0.25, 0.3) is 0 Å². The van der Waals surface area contributed by atoms with E-state index in [9.17, 15) is 9.67 Å². The van der Waals surface area contributed by atoms with Crippen molar-refractivity contribution < 1.29 is 37.5 Å². The van der Waals surface area contributed by atoms with Crippen molar-refractivity contribution in [3.8, 4) is 0 Å². The second-order valence-corrected chi connectivity index (χ2v) is 13.8. The molecule has 0 aromatic heterocycles. The number of rotatable bonds is 17. The summed E-state index contributed by atoms with van der Waals surface area (Å²) in [6, 6.07) is 48.0. The first kappa shape index (κ1) is 35.9. The summed E-state index contributed by atoms with van der Waals surface area (Å²) < 4.78 is 52.5. The van der Waals surface area contributed by atoms with Crippen molar-refractivity contribution in [3.63, 3.8) is 0 Å². The zero-order valence-corrected chi connectivity index (χ0v) is 28.7. The molecule has 0 aliphatic heterocycles. The molecule has 1 fully saturated rings. The number of hydrogen-bond acceptors (Lipinski definition) is 8. The Morgan fingerprint density at radius 3 is 1.20 bits per heavy atom. The molecule has 0 radical (unpaired) electrons. The average Bonchev–Trinajstić information content (AvgIpc) is 3.17. The van der Waals surface area contributed by atoms with Crippen LogP contribution in [0.15, 0.2) is 152 Å². The molecule has 5 aromatic carbocycles. The highest BCUT2D eigenvalue weighted by molar-refractivity contribution is 7.48. The third-order valence-electron chi connectivity index (χ3n) is 8.49. The molecular formula is C41H43O8P. The molecule has 6 rings (SSSR count). The van der Waals surface area contributed by atoms with Crippen LogP contribution in [0.1, 0.15) is 34.2 Å². The van der Waals surface area contributed by atoms with Gasteiger partial charge in [-0.3, -0.25) is 13.6 Å². The quantitative estimate of drug-likeness (QED) is 0.0971. The van der Waals surface area contributed by atoms with Gasteiger partial charge in [0.2, 0.25) is 0 Å². The maximum atomic E-state index is 14.7. The monoisotopic (exact) mass is 694 g/mol. The molecule has 50 heavy (non-hydrogen) atoms. The van der Waals surface area contributed by atoms with E-state index in [2.05, 4.69) is 0 Å². The minimum atomic E-state index is -4.31. The summed E-state index contributed by atoms with van der Waals surface area (Å²) in [7, 11) is -4.31. The Bertz CT molecular complexity index is 1680. The lowest BCUT2D eigenvalue weighted by molar-refractivity contribution is -0.219. The standard InChI is InChI=1S/C41H43O8P/c42-39-37(44-27-32-16-6-1-7-17-32)26-38(45-28-33-18-8-2-9-19-33)40(41(39)46-29-34-20-10-3-11-21-34)49-50(43,47-30-35-22-12-4-13-23-35)48-31-36-24-14-5-15-25-36/h1-25,37-42H,26-31H2/t37-,38-,39+,40-,41-/m1/s1. The van der Waals surface area contributed by atoms with Crippen LogP contribution in [-0.4, -0.2) is 35.6 Å². The third kappa shape index (κ3) is 10.5. The Kier molecular flexibility index (Phi) is 13.1. The minimum Gasteiger partial charge on any atom is -0.388 e. The maximum Gasteiger partial charge on any atom is 0.475 e. The highest BCUT2D eigenvalue weighted by Crippen LogP contribution is 2.54. The van der Waals surface area contributed by atoms with E-state index in [4.69, 9.17) is 27.8 Å². The summed E-state index contributed by atoms with van der Waals surface area (Å²) in [4.78, 5) is 0. The summed E-state index contributed by atoms with van der Waals surface area (Å²) in [6.07, 6.45) is -4.36. The predicted molar refractivity (Wildman–Crippen MR) is 191 cm³/mol. The number of aliphatic hydroxyl groups excluding tert-OH is 1. The lowest BCUT2D eigenvalue weighted by Gasteiger charge is -2.44. The van der Waals surface area contributed by atoms with Crippen molar-refractivity contribution >= 4 is 7.82 Å². The van der Waals surface area contributed by atoms with E-state index in [1.54, 1.807) is 0 Å². The molecule has 0 unspecified atom stereocenters. The second-order valence-electron chi connectivity index (χ2n) is 12.2. The smallest absolute Gasteiger partial charge is 0.388 e. The second kappa shape index (κ2) is 18.3. The van der Waals surface area contributed by atoms with E-state index >= 15 is 0 Å². The van der Waals surface area contributed by atoms with Crippen molar-refractivity contribution in [2.45, 2.75) is 70.0 Å². The van der Waals surface area contributed by atoms with E-state index in [0.717, 1.165) is 27.8 Å². The molecule has 8 nitrogen and oxygen atoms in total. The van der Waals surface area contributed by atoms with Gasteiger partial charge in [0, 0.05) is 6.42 Å². The van der Waals surface area contributed by atoms with Crippen LogP contribution in [0.4, 0.5) is 0 Å². The van der Waals surface area contributed by atoms with Gasteiger partial charge in [0.1, 0.15) is 18.3 Å². The molecule has 1 aliphatic rings. The molecule has 0 saturated heterocycles. The summed E-state index contributed by atoms with van der Waals surface area (Å²) in [6.45, 7) is 0.660. The van der Waals surface area contributed by atoms with E-state index in [1.165, 1.54) is 0 Å². The average molecular weight is 695 g/mol. The Morgan fingerprint density at radius 2 is 0.800 bits per heavy atom. The van der Waals surface area contributed by atoms with Gasteiger partial charge in [-0.25, -0.2) is 4.57 Å². The molecule has 0 amide bonds. The van der Waals surface area contributed by atoms with Gasteiger partial charge in [-0.1, -0.05) is 152 Å². The molecular weight excluding hydrogens is 651 g/mol. The van der Waals surface area contributed by atoms with Crippen LogP contribution in [0.5, 0.6) is 0 Å². The van der Waals surface area contributed by atoms with Crippen LogP contribution in [0, 0.1) is 0 Å². The van der Waals surface area contributed by atoms with E-state index < -0.39 is 38.3 Å². The number of aliphatic hydroxyl groups is 1. The van der Waals surface area contributed by atoms with Gasteiger partial charge in [-0.15, -0.1) is 0 Å². The number of phosphoric acid groups is 1. The van der Waals surface area contributed by atoms with Crippen molar-refractivity contribution in [2.24, 2.45) is 0 Å². The Balaban J connectivity index is 1.30. The number of benzene rings is 5. The molecule has 9 heteroatoms. The summed E-state index contributed by atoms with van der Waals surface area (Å²) in [5.74, 6) is 0. The fraction of sp³-hybridized carbons (Fsp3) is 0.268. The molecule has 0 spiro atoms. The van der Waals surface area contributed by atoms with E-state index in [1.807, 2.05) is 152 Å². The largest absolute Gasteiger partial charge is 0.475 e. The fourth-order valence-electron chi connectivity index (χ4n) is 5.80. The lowest BCUT2D eigenvalue weighted by atomic mass is 9.86. The van der Waals surface area contributed by atoms with Crippen LogP contribution in [-0.2, 0) is 65.4 Å². The van der Waals surface area contributed by atoms with E-state index in [-0.39, 0.29) is 39.5 Å². The first-order valence-electron chi connectivity index (χ1n) is 16.8. The molecule has 5 aromatic rings. The first-order chi connectivity index (χ1) is 24.5. The van der Waals surface area contributed by atoms with Gasteiger partial charge < -0.3 is 19.3 Å². The zero-order valence-electron chi connectivity index (χ0n) is 27.8. The molecule has 260 valence electrons. The topological polar surface area (TPSA) is 92.7 Å². The van der Waals surface area contributed by atoms with Crippen LogP contribution < -0.4 is 0 Å². The normalized spacial score (nSPS) is 20.8. The summed E-state index contributed by atoms with van der Waals surface area (Å²) in [5.41, 5.74) is 4.41. The molecule has 0 heterocycles. The maximum absolute atomic E-state index is 14.7. The third-order valence-corrected chi connectivity index (χ3v) is 9.88. The minimum absolute atomic E-state index is 0.0178. The zero-order chi connectivity index (χ0) is 34.4. The molecule has 1 N–H and O–H groups in total. The van der Waals surface area contributed by atoms with Gasteiger partial charge >= 0.3 is 7.82 Å². The highest BCUT2D eigenvalue weighted by Gasteiger charge is 2.50. The van der Waals surface area contributed by atoms with Crippen molar-refractivity contribution in [1.82, 2.24) is 0 Å². The highest BCUT2D eigenvalue weighted by atomic mass is 31.2. The summed E-state index contributed by atoms with van der Waals surface area (Å²) >= 11 is 0. The molecule has 1 aliphatic carbocycles. The Morgan fingerprint density at radius 1 is 0.460 bits per heavy atom. The van der Waals surface area contributed by atoms with Crippen LogP contribution in [0.25, 0.3) is 0 Å². The van der Waals surface area contributed by atoms with Crippen LogP contribution >= 0.6 is 7.82 Å². The Labute approximate surface area is 294 Å². The van der Waals surface area contributed by atoms with Gasteiger partial charge in [0.15, 0.2) is 0 Å². The van der Waals surface area contributed by atoms with Crippen LogP contribution in [0.2, 0.25) is 0 Å².